The molecule has 2 rings (SSSR count). The van der Waals surface area contributed by atoms with Gasteiger partial charge in [0.15, 0.2) is 5.16 Å². The highest BCUT2D eigenvalue weighted by molar-refractivity contribution is 8.00. The highest BCUT2D eigenvalue weighted by Crippen LogP contribution is 2.24. The van der Waals surface area contributed by atoms with E-state index in [1.165, 1.54) is 30.0 Å². The van der Waals surface area contributed by atoms with Gasteiger partial charge < -0.3 is 14.6 Å². The molecule has 9 heteroatoms. The van der Waals surface area contributed by atoms with Crippen LogP contribution in [0.2, 0.25) is 5.02 Å². The highest BCUT2D eigenvalue weighted by Gasteiger charge is 2.18. The lowest BCUT2D eigenvalue weighted by molar-refractivity contribution is -0.115. The molecule has 1 heterocycles. The number of methoxy groups -OCH3 is 1. The van der Waals surface area contributed by atoms with E-state index < -0.39 is 11.1 Å². The summed E-state index contributed by atoms with van der Waals surface area (Å²) in [6, 6.07) is 4.03. The molecule has 1 aromatic carbocycles. The van der Waals surface area contributed by atoms with Crippen LogP contribution in [0.25, 0.3) is 0 Å². The van der Waals surface area contributed by atoms with Crippen LogP contribution in [-0.2, 0) is 16.1 Å². The van der Waals surface area contributed by atoms with Gasteiger partial charge in [-0.15, -0.1) is 10.2 Å². The minimum atomic E-state index is -0.529. The Bertz CT molecular complexity index is 683. The second kappa shape index (κ2) is 8.28. The van der Waals surface area contributed by atoms with E-state index in [1.807, 2.05) is 4.57 Å². The molecule has 0 unspecified atom stereocenters. The van der Waals surface area contributed by atoms with Crippen molar-refractivity contribution in [2.75, 3.05) is 19.0 Å². The number of halogens is 2. The average molecular weight is 359 g/mol. The minimum Gasteiger partial charge on any atom is -0.383 e. The molecule has 0 fully saturated rings. The van der Waals surface area contributed by atoms with Gasteiger partial charge in [-0.3, -0.25) is 4.79 Å². The summed E-state index contributed by atoms with van der Waals surface area (Å²) in [5, 5.41) is 10.7. The number of amides is 1. The van der Waals surface area contributed by atoms with Crippen molar-refractivity contribution in [2.24, 2.45) is 0 Å². The number of nitrogens with one attached hydrogen (secondary N) is 1. The lowest BCUT2D eigenvalue weighted by Crippen LogP contribution is -2.23. The Kier molecular flexibility index (Phi) is 6.37. The molecule has 6 nitrogen and oxygen atoms in total. The minimum absolute atomic E-state index is 0.0394. The molecule has 1 N–H and O–H groups in total. The molecule has 0 saturated heterocycles. The van der Waals surface area contributed by atoms with Gasteiger partial charge in [-0.1, -0.05) is 23.4 Å². The third-order valence-corrected chi connectivity index (χ3v) is 4.34. The number of benzene rings is 1. The number of hydrogen-bond donors (Lipinski definition) is 1. The first kappa shape index (κ1) is 17.7. The fourth-order valence-corrected chi connectivity index (χ4v) is 2.74. The second-order valence-electron chi connectivity index (χ2n) is 4.68. The molecule has 0 aliphatic carbocycles. The molecule has 0 aliphatic rings. The summed E-state index contributed by atoms with van der Waals surface area (Å²) < 4.78 is 19.9. The predicted molar refractivity (Wildman–Crippen MR) is 87.3 cm³/mol. The van der Waals surface area contributed by atoms with Crippen molar-refractivity contribution >= 4 is 35.0 Å². The Hall–Kier alpha value is -1.64. The van der Waals surface area contributed by atoms with Crippen molar-refractivity contribution < 1.29 is 13.9 Å². The molecule has 0 bridgehead atoms. The van der Waals surface area contributed by atoms with E-state index in [0.29, 0.717) is 24.0 Å². The van der Waals surface area contributed by atoms with E-state index in [4.69, 9.17) is 16.3 Å². The maximum absolute atomic E-state index is 13.1. The zero-order valence-corrected chi connectivity index (χ0v) is 14.2. The van der Waals surface area contributed by atoms with E-state index in [1.54, 1.807) is 20.4 Å². The molecule has 1 amide bonds. The molecule has 1 atom stereocenters. The lowest BCUT2D eigenvalue weighted by Gasteiger charge is -2.12. The normalized spacial score (nSPS) is 12.2. The van der Waals surface area contributed by atoms with Gasteiger partial charge >= 0.3 is 0 Å². The lowest BCUT2D eigenvalue weighted by atomic mass is 10.3. The number of rotatable bonds is 7. The molecule has 0 spiro atoms. The first-order chi connectivity index (χ1) is 11.0. The van der Waals surface area contributed by atoms with Gasteiger partial charge in [0.25, 0.3) is 0 Å². The summed E-state index contributed by atoms with van der Waals surface area (Å²) in [7, 11) is 1.61. The number of ether oxygens (including phenoxy) is 1. The average Bonchev–Trinajstić information content (AvgIpc) is 2.96. The van der Waals surface area contributed by atoms with Gasteiger partial charge in [-0.2, -0.15) is 0 Å². The highest BCUT2D eigenvalue weighted by atomic mass is 35.5. The number of anilines is 1. The van der Waals surface area contributed by atoms with Crippen molar-refractivity contribution in [2.45, 2.75) is 23.9 Å². The standard InChI is InChI=1S/C14H16ClFN4O2S/c1-9(23-14-19-17-8-20(14)5-6-22-2)13(21)18-10-3-4-12(16)11(15)7-10/h3-4,7-9H,5-6H2,1-2H3,(H,18,21)/t9-/m0/s1. The predicted octanol–water partition coefficient (Wildman–Crippen LogP) is 2.84. The smallest absolute Gasteiger partial charge is 0.237 e. The van der Waals surface area contributed by atoms with Crippen LogP contribution in [0.1, 0.15) is 6.92 Å². The molecule has 0 saturated carbocycles. The molecule has 0 radical (unpaired) electrons. The van der Waals surface area contributed by atoms with Crippen LogP contribution in [0, 0.1) is 5.82 Å². The Labute approximate surface area is 142 Å². The molecular weight excluding hydrogens is 343 g/mol. The topological polar surface area (TPSA) is 69.0 Å². The second-order valence-corrected chi connectivity index (χ2v) is 6.39. The van der Waals surface area contributed by atoms with E-state index >= 15 is 0 Å². The van der Waals surface area contributed by atoms with Crippen LogP contribution in [0.4, 0.5) is 10.1 Å². The fraction of sp³-hybridized carbons (Fsp3) is 0.357. The number of aromatic nitrogens is 3. The third kappa shape index (κ3) is 4.92. The zero-order chi connectivity index (χ0) is 16.8. The maximum Gasteiger partial charge on any atom is 0.237 e. The van der Waals surface area contributed by atoms with Gasteiger partial charge in [-0.05, 0) is 25.1 Å². The van der Waals surface area contributed by atoms with Crippen LogP contribution >= 0.6 is 23.4 Å². The summed E-state index contributed by atoms with van der Waals surface area (Å²) in [6.07, 6.45) is 1.59. The van der Waals surface area contributed by atoms with Crippen molar-refractivity contribution in [1.82, 2.24) is 14.8 Å². The van der Waals surface area contributed by atoms with E-state index in [2.05, 4.69) is 15.5 Å². The summed E-state index contributed by atoms with van der Waals surface area (Å²) in [5.74, 6) is -0.766. The first-order valence-electron chi connectivity index (χ1n) is 6.80. The summed E-state index contributed by atoms with van der Waals surface area (Å²) in [4.78, 5) is 12.2. The van der Waals surface area contributed by atoms with Crippen LogP contribution in [0.15, 0.2) is 29.7 Å². The van der Waals surface area contributed by atoms with Crippen LogP contribution in [-0.4, -0.2) is 39.6 Å². The molecular formula is C14H16ClFN4O2S. The Morgan fingerprint density at radius 3 is 3.04 bits per heavy atom. The van der Waals surface area contributed by atoms with Gasteiger partial charge in [0.05, 0.1) is 16.9 Å². The van der Waals surface area contributed by atoms with Crippen molar-refractivity contribution in [3.8, 4) is 0 Å². The van der Waals surface area contributed by atoms with Crippen molar-refractivity contribution in [3.05, 3.63) is 35.4 Å². The van der Waals surface area contributed by atoms with Gasteiger partial charge in [-0.25, -0.2) is 4.39 Å². The monoisotopic (exact) mass is 358 g/mol. The number of hydrogen-bond acceptors (Lipinski definition) is 5. The van der Waals surface area contributed by atoms with E-state index in [0.717, 1.165) is 0 Å². The fourth-order valence-electron chi connectivity index (χ4n) is 1.71. The molecule has 1 aromatic heterocycles. The number of thioether (sulfide) groups is 1. The summed E-state index contributed by atoms with van der Waals surface area (Å²) in [5.41, 5.74) is 0.440. The van der Waals surface area contributed by atoms with E-state index in [-0.39, 0.29) is 10.9 Å². The SMILES string of the molecule is COCCn1cnnc1S[C@@H](C)C(=O)Nc1ccc(F)c(Cl)c1. The van der Waals surface area contributed by atoms with Crippen LogP contribution in [0.3, 0.4) is 0 Å². The van der Waals surface area contributed by atoms with Gasteiger partial charge in [0.2, 0.25) is 5.91 Å². The van der Waals surface area contributed by atoms with Gasteiger partial charge in [0, 0.05) is 19.3 Å². The van der Waals surface area contributed by atoms with Gasteiger partial charge in [0.1, 0.15) is 12.1 Å². The number of carbonyl (C=O) groups excluding carboxylic acids is 1. The van der Waals surface area contributed by atoms with Crippen molar-refractivity contribution in [3.63, 3.8) is 0 Å². The summed E-state index contributed by atoms with van der Waals surface area (Å²) in [6.45, 7) is 2.88. The van der Waals surface area contributed by atoms with Crippen molar-refractivity contribution in [1.29, 1.82) is 0 Å². The first-order valence-corrected chi connectivity index (χ1v) is 8.06. The maximum atomic E-state index is 13.1. The third-order valence-electron chi connectivity index (χ3n) is 2.95. The number of carbonyl (C=O) groups is 1. The quantitative estimate of drug-likeness (QED) is 0.771. The molecule has 0 aliphatic heterocycles. The molecule has 23 heavy (non-hydrogen) atoms. The van der Waals surface area contributed by atoms with E-state index in [9.17, 15) is 9.18 Å². The van der Waals surface area contributed by atoms with Crippen LogP contribution < -0.4 is 5.32 Å². The molecule has 2 aromatic rings. The Balaban J connectivity index is 1.97. The molecule has 124 valence electrons. The zero-order valence-electron chi connectivity index (χ0n) is 12.6. The Morgan fingerprint density at radius 1 is 1.57 bits per heavy atom. The largest absolute Gasteiger partial charge is 0.383 e. The summed E-state index contributed by atoms with van der Waals surface area (Å²) >= 11 is 6.97. The number of nitrogens with zero attached hydrogens (tertiary/aromatic N) is 3. The van der Waals surface area contributed by atoms with Crippen LogP contribution in [0.5, 0.6) is 0 Å². The Morgan fingerprint density at radius 2 is 2.35 bits per heavy atom.